The lowest BCUT2D eigenvalue weighted by molar-refractivity contribution is 0.241. The number of aromatic nitrogens is 4. The number of carbonyl (C=O) groups excluding carboxylic acids is 1. The highest BCUT2D eigenvalue weighted by Gasteiger charge is 2.04. The van der Waals surface area contributed by atoms with Crippen molar-refractivity contribution in [2.45, 2.75) is 13.1 Å². The molecule has 0 atom stereocenters. The van der Waals surface area contributed by atoms with Gasteiger partial charge in [-0.15, -0.1) is 0 Å². The van der Waals surface area contributed by atoms with Gasteiger partial charge in [0, 0.05) is 25.8 Å². The van der Waals surface area contributed by atoms with Crippen molar-refractivity contribution >= 4 is 35.1 Å². The molecule has 0 radical (unpaired) electrons. The zero-order valence-corrected chi connectivity index (χ0v) is 16.4. The molecule has 0 aliphatic heterocycles. The summed E-state index contributed by atoms with van der Waals surface area (Å²) in [6.45, 7) is 1.95. The molecular formula is C18H19Cl2N7O. The summed E-state index contributed by atoms with van der Waals surface area (Å²) in [5.74, 6) is 0.525. The van der Waals surface area contributed by atoms with E-state index in [1.54, 1.807) is 17.1 Å². The predicted molar refractivity (Wildman–Crippen MR) is 109 cm³/mol. The summed E-state index contributed by atoms with van der Waals surface area (Å²) >= 11 is 11.8. The van der Waals surface area contributed by atoms with E-state index in [1.807, 2.05) is 24.3 Å². The van der Waals surface area contributed by atoms with Crippen LogP contribution in [0, 0.1) is 0 Å². The number of halogens is 2. The van der Waals surface area contributed by atoms with E-state index in [0.717, 1.165) is 11.1 Å². The molecule has 0 unspecified atom stereocenters. The second-order valence-electron chi connectivity index (χ2n) is 5.93. The minimum atomic E-state index is -0.251. The Morgan fingerprint density at radius 2 is 1.96 bits per heavy atom. The monoisotopic (exact) mass is 419 g/mol. The molecule has 2 aromatic heterocycles. The van der Waals surface area contributed by atoms with Gasteiger partial charge in [-0.1, -0.05) is 47.5 Å². The van der Waals surface area contributed by atoms with Crippen molar-refractivity contribution in [3.8, 4) is 0 Å². The third-order valence-electron chi connectivity index (χ3n) is 3.77. The summed E-state index contributed by atoms with van der Waals surface area (Å²) in [4.78, 5) is 20.0. The first-order valence-corrected chi connectivity index (χ1v) is 9.32. The second kappa shape index (κ2) is 9.91. The Hall–Kier alpha value is -2.84. The molecule has 2 heterocycles. The Kier molecular flexibility index (Phi) is 7.05. The van der Waals surface area contributed by atoms with E-state index in [2.05, 4.69) is 31.0 Å². The van der Waals surface area contributed by atoms with Gasteiger partial charge in [-0.3, -0.25) is 0 Å². The number of benzene rings is 1. The van der Waals surface area contributed by atoms with Crippen molar-refractivity contribution in [1.82, 2.24) is 30.4 Å². The third-order valence-corrected chi connectivity index (χ3v) is 4.26. The molecule has 0 spiro atoms. The molecule has 3 N–H and O–H groups in total. The maximum absolute atomic E-state index is 11.9. The number of urea groups is 1. The van der Waals surface area contributed by atoms with Crippen LogP contribution in [0.5, 0.6) is 0 Å². The van der Waals surface area contributed by atoms with Gasteiger partial charge in [-0.05, 0) is 17.2 Å². The van der Waals surface area contributed by atoms with Crippen molar-refractivity contribution < 1.29 is 4.79 Å². The van der Waals surface area contributed by atoms with Crippen LogP contribution < -0.4 is 16.0 Å². The molecule has 10 heteroatoms. The van der Waals surface area contributed by atoms with Crippen LogP contribution in [0.3, 0.4) is 0 Å². The Bertz CT molecular complexity index is 918. The molecule has 0 aliphatic rings. The molecule has 0 bridgehead atoms. The van der Waals surface area contributed by atoms with Crippen molar-refractivity contribution in [3.63, 3.8) is 0 Å². The van der Waals surface area contributed by atoms with E-state index in [4.69, 9.17) is 23.2 Å². The quantitative estimate of drug-likeness (QED) is 0.487. The zero-order valence-electron chi connectivity index (χ0n) is 14.9. The van der Waals surface area contributed by atoms with Gasteiger partial charge in [-0.25, -0.2) is 19.4 Å². The van der Waals surface area contributed by atoms with Crippen LogP contribution in [-0.4, -0.2) is 38.9 Å². The minimum absolute atomic E-state index is 0.251. The van der Waals surface area contributed by atoms with E-state index in [-0.39, 0.29) is 6.03 Å². The smallest absolute Gasteiger partial charge is 0.315 e. The first-order chi connectivity index (χ1) is 13.6. The summed E-state index contributed by atoms with van der Waals surface area (Å²) in [5.41, 5.74) is 2.09. The molecular weight excluding hydrogens is 401 g/mol. The largest absolute Gasteiger partial charge is 0.367 e. The first-order valence-electron chi connectivity index (χ1n) is 8.57. The van der Waals surface area contributed by atoms with Crippen LogP contribution in [0.15, 0.2) is 49.2 Å². The molecule has 0 saturated heterocycles. The van der Waals surface area contributed by atoms with Crippen LogP contribution in [0.25, 0.3) is 0 Å². The number of pyridine rings is 1. The number of anilines is 1. The molecule has 3 rings (SSSR count). The minimum Gasteiger partial charge on any atom is -0.367 e. The van der Waals surface area contributed by atoms with E-state index < -0.39 is 0 Å². The molecule has 0 fully saturated rings. The lowest BCUT2D eigenvalue weighted by Gasteiger charge is -2.10. The molecule has 146 valence electrons. The molecule has 28 heavy (non-hydrogen) atoms. The van der Waals surface area contributed by atoms with Gasteiger partial charge in [0.05, 0.1) is 16.6 Å². The summed E-state index contributed by atoms with van der Waals surface area (Å²) in [5, 5.41) is 13.6. The molecule has 3 aromatic rings. The SMILES string of the molecule is O=C(NCCNc1ncc(Cl)cc1Cl)NCc1cccc(Cn2cncn2)c1. The molecule has 2 amide bonds. The van der Waals surface area contributed by atoms with E-state index in [9.17, 15) is 4.79 Å². The van der Waals surface area contributed by atoms with Crippen LogP contribution in [0.4, 0.5) is 10.6 Å². The molecule has 8 nitrogen and oxygen atoms in total. The number of amides is 2. The topological polar surface area (TPSA) is 96.8 Å². The maximum atomic E-state index is 11.9. The lowest BCUT2D eigenvalue weighted by atomic mass is 10.1. The van der Waals surface area contributed by atoms with Crippen LogP contribution in [-0.2, 0) is 13.1 Å². The van der Waals surface area contributed by atoms with Gasteiger partial charge < -0.3 is 16.0 Å². The van der Waals surface area contributed by atoms with Crippen LogP contribution >= 0.6 is 23.2 Å². The second-order valence-corrected chi connectivity index (χ2v) is 6.78. The van der Waals surface area contributed by atoms with Crippen molar-refractivity contribution in [3.05, 3.63) is 70.4 Å². The molecule has 1 aromatic carbocycles. The van der Waals surface area contributed by atoms with Crippen LogP contribution in [0.1, 0.15) is 11.1 Å². The Balaban J connectivity index is 1.38. The lowest BCUT2D eigenvalue weighted by Crippen LogP contribution is -2.37. The number of carbonyl (C=O) groups is 1. The van der Waals surface area contributed by atoms with Gasteiger partial charge in [0.25, 0.3) is 0 Å². The highest BCUT2D eigenvalue weighted by molar-refractivity contribution is 6.35. The fraction of sp³-hybridized carbons (Fsp3) is 0.222. The average Bonchev–Trinajstić information content (AvgIpc) is 3.18. The van der Waals surface area contributed by atoms with Crippen LogP contribution in [0.2, 0.25) is 10.0 Å². The number of nitrogens with zero attached hydrogens (tertiary/aromatic N) is 4. The summed E-state index contributed by atoms with van der Waals surface area (Å²) < 4.78 is 1.74. The zero-order chi connectivity index (χ0) is 19.8. The maximum Gasteiger partial charge on any atom is 0.315 e. The summed E-state index contributed by atoms with van der Waals surface area (Å²) in [6.07, 6.45) is 4.67. The molecule has 0 aliphatic carbocycles. The summed E-state index contributed by atoms with van der Waals surface area (Å²) in [7, 11) is 0. The van der Waals surface area contributed by atoms with E-state index in [0.29, 0.717) is 42.0 Å². The average molecular weight is 420 g/mol. The Morgan fingerprint density at radius 3 is 2.75 bits per heavy atom. The molecule has 0 saturated carbocycles. The van der Waals surface area contributed by atoms with Crippen molar-refractivity contribution in [1.29, 1.82) is 0 Å². The highest BCUT2D eigenvalue weighted by atomic mass is 35.5. The van der Waals surface area contributed by atoms with E-state index in [1.165, 1.54) is 12.5 Å². The fourth-order valence-electron chi connectivity index (χ4n) is 2.49. The number of rotatable bonds is 8. The first kappa shape index (κ1) is 19.9. The number of hydrogen-bond acceptors (Lipinski definition) is 5. The van der Waals surface area contributed by atoms with Crippen molar-refractivity contribution in [2.24, 2.45) is 0 Å². The van der Waals surface area contributed by atoms with Crippen molar-refractivity contribution in [2.75, 3.05) is 18.4 Å². The van der Waals surface area contributed by atoms with E-state index >= 15 is 0 Å². The Morgan fingerprint density at radius 1 is 1.11 bits per heavy atom. The number of nitrogens with one attached hydrogen (secondary N) is 3. The standard InChI is InChI=1S/C18H19Cl2N7O/c19-15-7-16(20)17(24-9-15)22-4-5-23-18(28)25-8-13-2-1-3-14(6-13)10-27-12-21-11-26-27/h1-3,6-7,9,11-12H,4-5,8,10H2,(H,22,24)(H2,23,25,28). The Labute approximate surface area is 172 Å². The van der Waals surface area contributed by atoms with Gasteiger partial charge in [0.2, 0.25) is 0 Å². The summed E-state index contributed by atoms with van der Waals surface area (Å²) in [6, 6.07) is 9.30. The fourth-order valence-corrected chi connectivity index (χ4v) is 2.93. The van der Waals surface area contributed by atoms with Gasteiger partial charge in [-0.2, -0.15) is 5.10 Å². The predicted octanol–water partition coefficient (Wildman–Crippen LogP) is 2.94. The normalized spacial score (nSPS) is 10.5. The third kappa shape index (κ3) is 6.11. The highest BCUT2D eigenvalue weighted by Crippen LogP contribution is 2.21. The van der Waals surface area contributed by atoms with Gasteiger partial charge in [0.15, 0.2) is 0 Å². The van der Waals surface area contributed by atoms with Gasteiger partial charge in [0.1, 0.15) is 18.5 Å². The van der Waals surface area contributed by atoms with Gasteiger partial charge >= 0.3 is 6.03 Å². The number of hydrogen-bond donors (Lipinski definition) is 3.